The molecule has 0 aliphatic carbocycles. The van der Waals surface area contributed by atoms with E-state index in [1.165, 1.54) is 17.8 Å². The number of benzene rings is 1. The first kappa shape index (κ1) is 15.7. The zero-order valence-electron chi connectivity index (χ0n) is 11.9. The average Bonchev–Trinajstić information content (AvgIpc) is 2.98. The quantitative estimate of drug-likeness (QED) is 0.735. The van der Waals surface area contributed by atoms with Gasteiger partial charge in [-0.15, -0.1) is 6.42 Å². The highest BCUT2D eigenvalue weighted by atomic mass is 35.5. The molecule has 120 valence electrons. The zero-order chi connectivity index (χ0) is 16.7. The van der Waals surface area contributed by atoms with Crippen LogP contribution in [0.4, 0.5) is 10.1 Å². The van der Waals surface area contributed by atoms with E-state index in [0.717, 1.165) is 10.6 Å². The Kier molecular flexibility index (Phi) is 3.96. The molecule has 0 radical (unpaired) electrons. The smallest absolute Gasteiger partial charge is 0.224 e. The Labute approximate surface area is 141 Å². The minimum atomic E-state index is -0.722. The van der Waals surface area contributed by atoms with Crippen molar-refractivity contribution in [2.24, 2.45) is 0 Å². The fourth-order valence-corrected chi connectivity index (χ4v) is 3.53. The second kappa shape index (κ2) is 5.80. The molecular weight excluding hydrogens is 343 g/mol. The first-order valence-corrected chi connectivity index (χ1v) is 7.85. The molecule has 2 heterocycles. The van der Waals surface area contributed by atoms with Crippen molar-refractivity contribution < 1.29 is 19.3 Å². The lowest BCUT2D eigenvalue weighted by Crippen LogP contribution is -2.05. The first-order valence-electron chi connectivity index (χ1n) is 6.59. The van der Waals surface area contributed by atoms with Crippen LogP contribution >= 0.6 is 23.4 Å². The number of ether oxygens (including phenoxy) is 1. The molecule has 0 fully saturated rings. The van der Waals surface area contributed by atoms with Gasteiger partial charge in [0.15, 0.2) is 0 Å². The Hall–Kier alpha value is -2.17. The Morgan fingerprint density at radius 1 is 1.48 bits per heavy atom. The SMILES string of the molecule is C#CCOc1cc(-n2c(O)c3c(c2O)SC(C)N3)c(F)cc1Cl. The molecule has 2 aromatic rings. The van der Waals surface area contributed by atoms with Crippen molar-refractivity contribution in [3.05, 3.63) is 23.0 Å². The number of halogens is 2. The topological polar surface area (TPSA) is 66.7 Å². The second-order valence-corrected chi connectivity index (χ2v) is 6.58. The van der Waals surface area contributed by atoms with Gasteiger partial charge in [-0.3, -0.25) is 0 Å². The van der Waals surface area contributed by atoms with Gasteiger partial charge in [-0.1, -0.05) is 29.3 Å². The summed E-state index contributed by atoms with van der Waals surface area (Å²) >= 11 is 7.24. The lowest BCUT2D eigenvalue weighted by atomic mass is 10.2. The van der Waals surface area contributed by atoms with Gasteiger partial charge in [0.05, 0.1) is 21.0 Å². The number of anilines is 1. The van der Waals surface area contributed by atoms with E-state index >= 15 is 0 Å². The molecule has 8 heteroatoms. The molecule has 1 unspecified atom stereocenters. The third-order valence-corrected chi connectivity index (χ3v) is 4.66. The summed E-state index contributed by atoms with van der Waals surface area (Å²) in [6.45, 7) is 1.84. The van der Waals surface area contributed by atoms with Crippen LogP contribution in [-0.4, -0.2) is 26.8 Å². The van der Waals surface area contributed by atoms with Gasteiger partial charge in [-0.05, 0) is 13.0 Å². The number of terminal acetylenes is 1. The van der Waals surface area contributed by atoms with E-state index in [1.807, 2.05) is 6.92 Å². The van der Waals surface area contributed by atoms with E-state index in [2.05, 4.69) is 11.2 Å². The molecule has 0 saturated heterocycles. The minimum Gasteiger partial charge on any atom is -0.493 e. The van der Waals surface area contributed by atoms with Crippen molar-refractivity contribution in [2.75, 3.05) is 11.9 Å². The number of aromatic hydroxyl groups is 2. The van der Waals surface area contributed by atoms with Crippen molar-refractivity contribution in [3.63, 3.8) is 0 Å². The van der Waals surface area contributed by atoms with Crippen molar-refractivity contribution in [1.29, 1.82) is 0 Å². The summed E-state index contributed by atoms with van der Waals surface area (Å²) in [4.78, 5) is 0.454. The molecular formula is C15H12ClFN2O3S. The molecule has 1 atom stereocenters. The molecule has 1 aromatic carbocycles. The Bertz CT molecular complexity index is 802. The standard InChI is InChI=1S/C15H12ClFN2O3S/c1-3-4-22-11-6-10(9(17)5-8(11)16)19-14(20)12-13(15(19)21)23-7(2)18-12/h1,5-7,18,20-21H,4H2,2H3. The Morgan fingerprint density at radius 3 is 2.87 bits per heavy atom. The largest absolute Gasteiger partial charge is 0.493 e. The van der Waals surface area contributed by atoms with Crippen molar-refractivity contribution in [3.8, 4) is 35.5 Å². The molecule has 0 amide bonds. The molecule has 3 rings (SSSR count). The molecule has 0 saturated carbocycles. The Morgan fingerprint density at radius 2 is 2.22 bits per heavy atom. The van der Waals surface area contributed by atoms with Crippen LogP contribution in [0.3, 0.4) is 0 Å². The van der Waals surface area contributed by atoms with Crippen molar-refractivity contribution in [2.45, 2.75) is 17.2 Å². The molecule has 5 nitrogen and oxygen atoms in total. The predicted octanol–water partition coefficient (Wildman–Crippen LogP) is 3.56. The number of thioether (sulfide) groups is 1. The molecule has 3 N–H and O–H groups in total. The summed E-state index contributed by atoms with van der Waals surface area (Å²) in [5.41, 5.74) is 0.265. The number of fused-ring (bicyclic) bond motifs is 1. The Balaban J connectivity index is 2.13. The number of aromatic nitrogens is 1. The number of nitrogens with zero attached hydrogens (tertiary/aromatic N) is 1. The molecule has 23 heavy (non-hydrogen) atoms. The first-order chi connectivity index (χ1) is 10.9. The lowest BCUT2D eigenvalue weighted by molar-refractivity contribution is 0.368. The molecule has 0 spiro atoms. The number of rotatable bonds is 3. The maximum Gasteiger partial charge on any atom is 0.224 e. The summed E-state index contributed by atoms with van der Waals surface area (Å²) in [6.07, 6.45) is 5.13. The monoisotopic (exact) mass is 354 g/mol. The van der Waals surface area contributed by atoms with Gasteiger partial charge >= 0.3 is 0 Å². The van der Waals surface area contributed by atoms with Gasteiger partial charge in [0.2, 0.25) is 11.8 Å². The highest BCUT2D eigenvalue weighted by Crippen LogP contribution is 2.52. The third-order valence-electron chi connectivity index (χ3n) is 3.27. The van der Waals surface area contributed by atoms with Crippen LogP contribution < -0.4 is 10.1 Å². The molecule has 1 aliphatic rings. The van der Waals surface area contributed by atoms with Gasteiger partial charge in [0, 0.05) is 6.07 Å². The van der Waals surface area contributed by atoms with E-state index < -0.39 is 5.82 Å². The molecule has 0 bridgehead atoms. The number of hydrogen-bond donors (Lipinski definition) is 3. The zero-order valence-corrected chi connectivity index (χ0v) is 13.5. The summed E-state index contributed by atoms with van der Waals surface area (Å²) in [6, 6.07) is 2.31. The van der Waals surface area contributed by atoms with Crippen LogP contribution in [0.15, 0.2) is 17.0 Å². The lowest BCUT2D eigenvalue weighted by Gasteiger charge is -2.13. The normalized spacial score (nSPS) is 15.8. The van der Waals surface area contributed by atoms with Gasteiger partial charge in [0.25, 0.3) is 0 Å². The van der Waals surface area contributed by atoms with E-state index in [0.29, 0.717) is 10.6 Å². The average molecular weight is 355 g/mol. The van der Waals surface area contributed by atoms with E-state index in [-0.39, 0.29) is 40.2 Å². The van der Waals surface area contributed by atoms with E-state index in [9.17, 15) is 14.6 Å². The highest BCUT2D eigenvalue weighted by molar-refractivity contribution is 8.00. The second-order valence-electron chi connectivity index (χ2n) is 4.82. The van der Waals surface area contributed by atoms with Crippen LogP contribution in [0, 0.1) is 18.2 Å². The predicted molar refractivity (Wildman–Crippen MR) is 87.3 cm³/mol. The summed E-state index contributed by atoms with van der Waals surface area (Å²) in [7, 11) is 0. The van der Waals surface area contributed by atoms with E-state index in [4.69, 9.17) is 22.8 Å². The number of hydrogen-bond acceptors (Lipinski definition) is 5. The molecule has 1 aromatic heterocycles. The maximum atomic E-state index is 14.3. The van der Waals surface area contributed by atoms with Gasteiger partial charge in [-0.2, -0.15) is 0 Å². The van der Waals surface area contributed by atoms with Gasteiger partial charge < -0.3 is 20.3 Å². The van der Waals surface area contributed by atoms with Crippen LogP contribution in [0.25, 0.3) is 5.69 Å². The fourth-order valence-electron chi connectivity index (χ4n) is 2.33. The fraction of sp³-hybridized carbons (Fsp3) is 0.200. The highest BCUT2D eigenvalue weighted by Gasteiger charge is 2.32. The number of nitrogens with one attached hydrogen (secondary N) is 1. The van der Waals surface area contributed by atoms with Crippen molar-refractivity contribution >= 4 is 29.1 Å². The van der Waals surface area contributed by atoms with Gasteiger partial charge in [-0.25, -0.2) is 8.96 Å². The van der Waals surface area contributed by atoms with Crippen LogP contribution in [0.5, 0.6) is 17.5 Å². The molecule has 1 aliphatic heterocycles. The summed E-state index contributed by atoms with van der Waals surface area (Å²) in [5, 5.41) is 23.7. The van der Waals surface area contributed by atoms with Crippen LogP contribution in [-0.2, 0) is 0 Å². The van der Waals surface area contributed by atoms with E-state index in [1.54, 1.807) is 0 Å². The van der Waals surface area contributed by atoms with Crippen molar-refractivity contribution in [1.82, 2.24) is 4.57 Å². The van der Waals surface area contributed by atoms with Gasteiger partial charge in [0.1, 0.15) is 23.9 Å². The summed E-state index contributed by atoms with van der Waals surface area (Å²) in [5.74, 6) is 1.16. The maximum absolute atomic E-state index is 14.3. The minimum absolute atomic E-state index is 0.00367. The summed E-state index contributed by atoms with van der Waals surface area (Å²) < 4.78 is 20.5. The third kappa shape index (κ3) is 2.54. The van der Waals surface area contributed by atoms with Crippen LogP contribution in [0.2, 0.25) is 5.02 Å². The van der Waals surface area contributed by atoms with Crippen LogP contribution in [0.1, 0.15) is 6.92 Å².